The molecule has 0 atom stereocenters. The third-order valence-electron chi connectivity index (χ3n) is 3.35. The van der Waals surface area contributed by atoms with Gasteiger partial charge in [0.2, 0.25) is 0 Å². The van der Waals surface area contributed by atoms with Gasteiger partial charge in [0, 0.05) is 19.2 Å². The second-order valence-electron chi connectivity index (χ2n) is 5.05. The van der Waals surface area contributed by atoms with Gasteiger partial charge in [0.1, 0.15) is 0 Å². The first-order chi connectivity index (χ1) is 8.04. The molecule has 0 aromatic heterocycles. The number of carbonyl (C=O) groups excluding carboxylic acids is 1. The van der Waals surface area contributed by atoms with Gasteiger partial charge in [-0.05, 0) is 36.5 Å². The molecule has 4 nitrogen and oxygen atoms in total. The molecular weight excluding hydrogens is 214 g/mol. The number of amides is 1. The van der Waals surface area contributed by atoms with Crippen molar-refractivity contribution in [2.75, 3.05) is 24.6 Å². The topological polar surface area (TPSA) is 67.2 Å². The highest BCUT2D eigenvalue weighted by Gasteiger charge is 2.36. The molecule has 1 amide bonds. The molecule has 0 unspecified atom stereocenters. The van der Waals surface area contributed by atoms with Gasteiger partial charge in [-0.15, -0.1) is 0 Å². The Kier molecular flexibility index (Phi) is 2.96. The van der Waals surface area contributed by atoms with E-state index in [1.54, 1.807) is 25.2 Å². The predicted octanol–water partition coefficient (Wildman–Crippen LogP) is 1.84. The molecule has 1 aromatic carbocycles. The normalized spacial score (nSPS) is 16.4. The summed E-state index contributed by atoms with van der Waals surface area (Å²) in [5.41, 5.74) is 8.46. The third kappa shape index (κ3) is 2.70. The maximum absolute atomic E-state index is 11.5. The Morgan fingerprint density at radius 3 is 2.76 bits per heavy atom. The van der Waals surface area contributed by atoms with Crippen LogP contribution in [0.15, 0.2) is 18.2 Å². The lowest BCUT2D eigenvalue weighted by molar-refractivity contribution is 0.0963. The van der Waals surface area contributed by atoms with Crippen LogP contribution in [0.3, 0.4) is 0 Å². The highest BCUT2D eigenvalue weighted by Crippen LogP contribution is 2.45. The Hall–Kier alpha value is -1.71. The fraction of sp³-hybridized carbons (Fsp3) is 0.462. The molecule has 0 aliphatic heterocycles. The Morgan fingerprint density at radius 2 is 2.18 bits per heavy atom. The largest absolute Gasteiger partial charge is 0.397 e. The van der Waals surface area contributed by atoms with Crippen LogP contribution in [0.25, 0.3) is 0 Å². The maximum atomic E-state index is 11.5. The van der Waals surface area contributed by atoms with E-state index in [0.717, 1.165) is 12.2 Å². The summed E-state index contributed by atoms with van der Waals surface area (Å²) in [6, 6.07) is 5.31. The third-order valence-corrected chi connectivity index (χ3v) is 3.35. The molecule has 0 spiro atoms. The van der Waals surface area contributed by atoms with E-state index in [-0.39, 0.29) is 5.91 Å². The van der Waals surface area contributed by atoms with Gasteiger partial charge in [0.05, 0.1) is 11.4 Å². The Bertz CT molecular complexity index is 438. The summed E-state index contributed by atoms with van der Waals surface area (Å²) in [6.45, 7) is 3.16. The fourth-order valence-electron chi connectivity index (χ4n) is 1.69. The van der Waals surface area contributed by atoms with Gasteiger partial charge in [-0.1, -0.05) is 6.92 Å². The van der Waals surface area contributed by atoms with Crippen molar-refractivity contribution in [3.8, 4) is 0 Å². The lowest BCUT2D eigenvalue weighted by Crippen LogP contribution is -2.19. The fourth-order valence-corrected chi connectivity index (χ4v) is 1.69. The second kappa shape index (κ2) is 4.28. The summed E-state index contributed by atoms with van der Waals surface area (Å²) in [4.78, 5) is 11.5. The standard InChI is InChI=1S/C13H19N3O/c1-13(5-6-13)8-16-11-7-9(12(17)15-2)3-4-10(11)14/h3-4,7,16H,5-6,8,14H2,1-2H3,(H,15,17). The molecule has 4 heteroatoms. The minimum atomic E-state index is -0.0920. The summed E-state index contributed by atoms with van der Waals surface area (Å²) in [6.07, 6.45) is 2.52. The number of hydrogen-bond acceptors (Lipinski definition) is 3. The molecule has 0 bridgehead atoms. The SMILES string of the molecule is CNC(=O)c1ccc(N)c(NCC2(C)CC2)c1. The number of nitrogen functional groups attached to an aromatic ring is 1. The highest BCUT2D eigenvalue weighted by atomic mass is 16.1. The van der Waals surface area contributed by atoms with Crippen LogP contribution in [0.5, 0.6) is 0 Å². The molecule has 17 heavy (non-hydrogen) atoms. The van der Waals surface area contributed by atoms with E-state index < -0.39 is 0 Å². The minimum absolute atomic E-state index is 0.0920. The van der Waals surface area contributed by atoms with E-state index in [2.05, 4.69) is 17.6 Å². The zero-order valence-electron chi connectivity index (χ0n) is 10.3. The highest BCUT2D eigenvalue weighted by molar-refractivity contribution is 5.96. The summed E-state index contributed by atoms with van der Waals surface area (Å²) in [7, 11) is 1.62. The number of nitrogens with two attached hydrogens (primary N) is 1. The van der Waals surface area contributed by atoms with E-state index in [9.17, 15) is 4.79 Å². The van der Waals surface area contributed by atoms with Crippen molar-refractivity contribution >= 4 is 17.3 Å². The minimum Gasteiger partial charge on any atom is -0.397 e. The Balaban J connectivity index is 2.11. The molecule has 0 saturated heterocycles. The summed E-state index contributed by atoms with van der Waals surface area (Å²) >= 11 is 0. The lowest BCUT2D eigenvalue weighted by Gasteiger charge is -2.14. The van der Waals surface area contributed by atoms with Crippen molar-refractivity contribution in [2.45, 2.75) is 19.8 Å². The predicted molar refractivity (Wildman–Crippen MR) is 70.1 cm³/mol. The number of hydrogen-bond donors (Lipinski definition) is 3. The van der Waals surface area contributed by atoms with Crippen molar-refractivity contribution < 1.29 is 4.79 Å². The van der Waals surface area contributed by atoms with Crippen LogP contribution < -0.4 is 16.4 Å². The molecule has 1 fully saturated rings. The number of rotatable bonds is 4. The number of carbonyl (C=O) groups is 1. The van der Waals surface area contributed by atoms with E-state index in [0.29, 0.717) is 16.7 Å². The number of benzene rings is 1. The van der Waals surface area contributed by atoms with Gasteiger partial charge < -0.3 is 16.4 Å². The van der Waals surface area contributed by atoms with E-state index >= 15 is 0 Å². The Labute approximate surface area is 102 Å². The van der Waals surface area contributed by atoms with E-state index in [1.807, 2.05) is 0 Å². The second-order valence-corrected chi connectivity index (χ2v) is 5.05. The molecule has 2 rings (SSSR count). The van der Waals surface area contributed by atoms with Crippen LogP contribution in [-0.2, 0) is 0 Å². The molecule has 1 aromatic rings. The van der Waals surface area contributed by atoms with Gasteiger partial charge in [-0.2, -0.15) is 0 Å². The maximum Gasteiger partial charge on any atom is 0.251 e. The first-order valence-electron chi connectivity index (χ1n) is 5.90. The first kappa shape index (κ1) is 11.8. The van der Waals surface area contributed by atoms with Crippen molar-refractivity contribution in [1.82, 2.24) is 5.32 Å². The van der Waals surface area contributed by atoms with Crippen LogP contribution >= 0.6 is 0 Å². The monoisotopic (exact) mass is 233 g/mol. The molecular formula is C13H19N3O. The average molecular weight is 233 g/mol. The van der Waals surface area contributed by atoms with Crippen LogP contribution in [0.4, 0.5) is 11.4 Å². The van der Waals surface area contributed by atoms with E-state index in [4.69, 9.17) is 5.73 Å². The van der Waals surface area contributed by atoms with Gasteiger partial charge in [0.25, 0.3) is 5.91 Å². The lowest BCUT2D eigenvalue weighted by atomic mass is 10.1. The van der Waals surface area contributed by atoms with Crippen LogP contribution in [0, 0.1) is 5.41 Å². The van der Waals surface area contributed by atoms with Gasteiger partial charge >= 0.3 is 0 Å². The van der Waals surface area contributed by atoms with Crippen molar-refractivity contribution in [3.05, 3.63) is 23.8 Å². The molecule has 1 aliphatic rings. The zero-order valence-corrected chi connectivity index (χ0v) is 10.3. The van der Waals surface area contributed by atoms with Gasteiger partial charge in [0.15, 0.2) is 0 Å². The van der Waals surface area contributed by atoms with E-state index in [1.165, 1.54) is 12.8 Å². The molecule has 1 saturated carbocycles. The smallest absolute Gasteiger partial charge is 0.251 e. The number of anilines is 2. The summed E-state index contributed by atoms with van der Waals surface area (Å²) < 4.78 is 0. The molecule has 0 heterocycles. The van der Waals surface area contributed by atoms with Crippen molar-refractivity contribution in [3.63, 3.8) is 0 Å². The van der Waals surface area contributed by atoms with Gasteiger partial charge in [-0.3, -0.25) is 4.79 Å². The van der Waals surface area contributed by atoms with Gasteiger partial charge in [-0.25, -0.2) is 0 Å². The molecule has 4 N–H and O–H groups in total. The first-order valence-corrected chi connectivity index (χ1v) is 5.90. The molecule has 92 valence electrons. The summed E-state index contributed by atoms with van der Waals surface area (Å²) in [5, 5.41) is 5.93. The van der Waals surface area contributed by atoms with Crippen LogP contribution in [0.2, 0.25) is 0 Å². The zero-order chi connectivity index (χ0) is 12.5. The summed E-state index contributed by atoms with van der Waals surface area (Å²) in [5.74, 6) is -0.0920. The quantitative estimate of drug-likeness (QED) is 0.695. The molecule has 1 aliphatic carbocycles. The van der Waals surface area contributed by atoms with Crippen LogP contribution in [0.1, 0.15) is 30.1 Å². The Morgan fingerprint density at radius 1 is 1.47 bits per heavy atom. The average Bonchev–Trinajstić information content (AvgIpc) is 3.06. The number of nitrogens with one attached hydrogen (secondary N) is 2. The van der Waals surface area contributed by atoms with Crippen molar-refractivity contribution in [2.24, 2.45) is 5.41 Å². The van der Waals surface area contributed by atoms with Crippen LogP contribution in [-0.4, -0.2) is 19.5 Å². The molecule has 0 radical (unpaired) electrons. The van der Waals surface area contributed by atoms with Crippen molar-refractivity contribution in [1.29, 1.82) is 0 Å².